The topological polar surface area (TPSA) is 58.4 Å². The van der Waals surface area contributed by atoms with Gasteiger partial charge in [0, 0.05) is 12.2 Å². The molecular weight excluding hydrogens is 282 g/mol. The lowest BCUT2D eigenvalue weighted by atomic mass is 10.1. The number of likely N-dealkylation sites (tertiary alicyclic amines) is 1. The van der Waals surface area contributed by atoms with Gasteiger partial charge >= 0.3 is 0 Å². The summed E-state index contributed by atoms with van der Waals surface area (Å²) in [5.41, 5.74) is 8.00. The number of hydrogen-bond donors (Lipinski definition) is 2. The fraction of sp³-hybridized carbons (Fsp3) is 0.562. The van der Waals surface area contributed by atoms with Gasteiger partial charge in [0.25, 0.3) is 0 Å². The fourth-order valence-electron chi connectivity index (χ4n) is 2.56. The summed E-state index contributed by atoms with van der Waals surface area (Å²) in [6, 6.07) is 7.59. The monoisotopic (exact) mass is 307 g/mol. The molecule has 1 amide bonds. The average molecular weight is 307 g/mol. The maximum absolute atomic E-state index is 12.1. The van der Waals surface area contributed by atoms with Gasteiger partial charge in [0.2, 0.25) is 5.91 Å². The molecule has 3 N–H and O–H groups in total. The van der Waals surface area contributed by atoms with E-state index in [-0.39, 0.29) is 5.91 Å². The Labute approximate surface area is 131 Å². The number of amides is 1. The van der Waals surface area contributed by atoms with E-state index in [9.17, 15) is 4.79 Å². The normalized spacial score (nSPS) is 16.9. The van der Waals surface area contributed by atoms with Crippen LogP contribution < -0.4 is 11.1 Å². The second-order valence-electron chi connectivity index (χ2n) is 5.52. The molecule has 0 bridgehead atoms. The highest BCUT2D eigenvalue weighted by Gasteiger charge is 2.17. The molecule has 1 aromatic carbocycles. The molecule has 1 aliphatic heterocycles. The number of nitrogens with two attached hydrogens (primary N) is 1. The third kappa shape index (κ3) is 5.02. The summed E-state index contributed by atoms with van der Waals surface area (Å²) >= 11 is 1.71. The summed E-state index contributed by atoms with van der Waals surface area (Å²) in [5.74, 6) is 0.821. The van der Waals surface area contributed by atoms with Gasteiger partial charge in [-0.05, 0) is 56.0 Å². The molecule has 0 saturated carbocycles. The van der Waals surface area contributed by atoms with Crippen LogP contribution in [-0.4, -0.2) is 41.9 Å². The first-order valence-corrected chi connectivity index (χ1v) is 8.95. The first-order valence-electron chi connectivity index (χ1n) is 7.56. The van der Waals surface area contributed by atoms with Crippen molar-refractivity contribution in [3.05, 3.63) is 29.8 Å². The van der Waals surface area contributed by atoms with Gasteiger partial charge in [-0.25, -0.2) is 0 Å². The summed E-state index contributed by atoms with van der Waals surface area (Å²) in [6.45, 7) is 3.20. The molecule has 21 heavy (non-hydrogen) atoms. The van der Waals surface area contributed by atoms with E-state index in [2.05, 4.69) is 16.3 Å². The molecule has 0 spiro atoms. The Morgan fingerprint density at radius 1 is 1.38 bits per heavy atom. The van der Waals surface area contributed by atoms with E-state index in [0.29, 0.717) is 6.42 Å². The number of hydrogen-bond acceptors (Lipinski definition) is 4. The molecule has 5 heteroatoms. The van der Waals surface area contributed by atoms with Crippen LogP contribution in [0, 0.1) is 0 Å². The quantitative estimate of drug-likeness (QED) is 0.811. The summed E-state index contributed by atoms with van der Waals surface area (Å²) in [7, 11) is 0. The van der Waals surface area contributed by atoms with E-state index in [1.54, 1.807) is 11.8 Å². The van der Waals surface area contributed by atoms with Crippen molar-refractivity contribution in [3.8, 4) is 0 Å². The van der Waals surface area contributed by atoms with Gasteiger partial charge in [0.1, 0.15) is 0 Å². The number of para-hydroxylation sites is 1. The van der Waals surface area contributed by atoms with Gasteiger partial charge < -0.3 is 11.1 Å². The van der Waals surface area contributed by atoms with Crippen molar-refractivity contribution in [3.63, 3.8) is 0 Å². The molecule has 1 atom stereocenters. The fourth-order valence-corrected chi connectivity index (χ4v) is 3.05. The van der Waals surface area contributed by atoms with Crippen LogP contribution in [0.25, 0.3) is 0 Å². The van der Waals surface area contributed by atoms with E-state index >= 15 is 0 Å². The van der Waals surface area contributed by atoms with Crippen molar-refractivity contribution in [2.75, 3.05) is 30.4 Å². The lowest BCUT2D eigenvalue weighted by molar-refractivity contribution is -0.117. The minimum atomic E-state index is -0.433. The van der Waals surface area contributed by atoms with Crippen LogP contribution in [0.2, 0.25) is 0 Å². The number of nitrogens with one attached hydrogen (secondary N) is 1. The number of thioether (sulfide) groups is 1. The van der Waals surface area contributed by atoms with Crippen LogP contribution in [0.1, 0.15) is 24.8 Å². The first kappa shape index (κ1) is 16.3. The summed E-state index contributed by atoms with van der Waals surface area (Å²) in [5, 5.41) is 2.99. The van der Waals surface area contributed by atoms with E-state index < -0.39 is 6.04 Å². The predicted octanol–water partition coefficient (Wildman–Crippen LogP) is 2.30. The lowest BCUT2D eigenvalue weighted by Crippen LogP contribution is -2.36. The second kappa shape index (κ2) is 8.41. The third-order valence-electron chi connectivity index (χ3n) is 3.84. The molecule has 0 aromatic heterocycles. The molecule has 1 saturated heterocycles. The largest absolute Gasteiger partial charge is 0.324 e. The Morgan fingerprint density at radius 3 is 2.81 bits per heavy atom. The number of anilines is 1. The molecule has 116 valence electrons. The van der Waals surface area contributed by atoms with E-state index in [4.69, 9.17) is 5.73 Å². The number of benzene rings is 1. The summed E-state index contributed by atoms with van der Waals surface area (Å²) < 4.78 is 0. The van der Waals surface area contributed by atoms with Crippen molar-refractivity contribution >= 4 is 23.4 Å². The van der Waals surface area contributed by atoms with Crippen molar-refractivity contribution in [1.29, 1.82) is 0 Å². The zero-order valence-electron chi connectivity index (χ0n) is 12.7. The molecule has 0 aliphatic carbocycles. The minimum Gasteiger partial charge on any atom is -0.324 e. The number of carbonyl (C=O) groups is 1. The first-order chi connectivity index (χ1) is 10.2. The zero-order chi connectivity index (χ0) is 15.1. The predicted molar refractivity (Wildman–Crippen MR) is 90.6 cm³/mol. The summed E-state index contributed by atoms with van der Waals surface area (Å²) in [6.07, 6.45) is 5.28. The molecule has 4 nitrogen and oxygen atoms in total. The highest BCUT2D eigenvalue weighted by molar-refractivity contribution is 7.98. The Morgan fingerprint density at radius 2 is 2.10 bits per heavy atom. The van der Waals surface area contributed by atoms with Crippen LogP contribution in [0.5, 0.6) is 0 Å². The molecule has 1 aromatic rings. The van der Waals surface area contributed by atoms with Gasteiger partial charge in [-0.3, -0.25) is 9.69 Å². The van der Waals surface area contributed by atoms with Gasteiger partial charge in [0.15, 0.2) is 0 Å². The Balaban J connectivity index is 1.97. The molecule has 1 heterocycles. The zero-order valence-corrected chi connectivity index (χ0v) is 13.5. The van der Waals surface area contributed by atoms with Crippen molar-refractivity contribution in [2.45, 2.75) is 31.8 Å². The molecule has 1 fully saturated rings. The van der Waals surface area contributed by atoms with Crippen LogP contribution in [-0.2, 0) is 11.3 Å². The third-order valence-corrected chi connectivity index (χ3v) is 4.48. The van der Waals surface area contributed by atoms with Gasteiger partial charge in [-0.15, -0.1) is 0 Å². The highest BCUT2D eigenvalue weighted by Crippen LogP contribution is 2.20. The average Bonchev–Trinajstić information content (AvgIpc) is 2.99. The van der Waals surface area contributed by atoms with Crippen LogP contribution in [0.4, 0.5) is 5.69 Å². The number of nitrogens with zero attached hydrogens (tertiary/aromatic N) is 1. The van der Waals surface area contributed by atoms with Crippen molar-refractivity contribution in [2.24, 2.45) is 5.73 Å². The second-order valence-corrected chi connectivity index (χ2v) is 6.50. The van der Waals surface area contributed by atoms with Gasteiger partial charge in [-0.1, -0.05) is 18.2 Å². The van der Waals surface area contributed by atoms with E-state index in [0.717, 1.165) is 31.1 Å². The Kier molecular flexibility index (Phi) is 6.54. The molecular formula is C16H25N3OS. The summed E-state index contributed by atoms with van der Waals surface area (Å²) in [4.78, 5) is 14.6. The van der Waals surface area contributed by atoms with Gasteiger partial charge in [-0.2, -0.15) is 11.8 Å². The van der Waals surface area contributed by atoms with E-state index in [1.165, 1.54) is 18.4 Å². The molecule has 2 rings (SSSR count). The highest BCUT2D eigenvalue weighted by atomic mass is 32.2. The molecule has 0 unspecified atom stereocenters. The van der Waals surface area contributed by atoms with Crippen molar-refractivity contribution in [1.82, 2.24) is 4.90 Å². The Bertz CT molecular complexity index is 461. The molecule has 0 radical (unpaired) electrons. The maximum atomic E-state index is 12.1. The standard InChI is InChI=1S/C16H25N3OS/c1-21-11-8-14(17)16(20)18-15-7-3-2-6-13(15)12-19-9-4-5-10-19/h2-3,6-7,14H,4-5,8-12,17H2,1H3,(H,18,20)/t14-/m1/s1. The minimum absolute atomic E-state index is 0.0853. The van der Waals surface area contributed by atoms with E-state index in [1.807, 2.05) is 24.5 Å². The van der Waals surface area contributed by atoms with Crippen LogP contribution in [0.15, 0.2) is 24.3 Å². The smallest absolute Gasteiger partial charge is 0.241 e. The van der Waals surface area contributed by atoms with Crippen LogP contribution in [0.3, 0.4) is 0 Å². The SMILES string of the molecule is CSCC[C@@H](N)C(=O)Nc1ccccc1CN1CCCC1. The van der Waals surface area contributed by atoms with Gasteiger partial charge in [0.05, 0.1) is 6.04 Å². The maximum Gasteiger partial charge on any atom is 0.241 e. The lowest BCUT2D eigenvalue weighted by Gasteiger charge is -2.19. The Hall–Kier alpha value is -1.04. The molecule has 1 aliphatic rings. The number of carbonyl (C=O) groups excluding carboxylic acids is 1. The van der Waals surface area contributed by atoms with Crippen LogP contribution >= 0.6 is 11.8 Å². The van der Waals surface area contributed by atoms with Crippen molar-refractivity contribution < 1.29 is 4.79 Å². The number of rotatable bonds is 7.